The van der Waals surface area contributed by atoms with E-state index in [0.717, 1.165) is 35.7 Å². The second-order valence-corrected chi connectivity index (χ2v) is 6.50. The van der Waals surface area contributed by atoms with Crippen LogP contribution in [0.3, 0.4) is 0 Å². The number of amides is 1. The summed E-state index contributed by atoms with van der Waals surface area (Å²) in [6, 6.07) is 14.3. The quantitative estimate of drug-likeness (QED) is 0.864. The maximum absolute atomic E-state index is 12.0. The predicted molar refractivity (Wildman–Crippen MR) is 103 cm³/mol. The molecule has 2 aliphatic heterocycles. The Balaban J connectivity index is 0.00000196. The van der Waals surface area contributed by atoms with Gasteiger partial charge < -0.3 is 19.7 Å². The van der Waals surface area contributed by atoms with Crippen molar-refractivity contribution in [2.24, 2.45) is 0 Å². The van der Waals surface area contributed by atoms with E-state index in [4.69, 9.17) is 9.47 Å². The van der Waals surface area contributed by atoms with E-state index in [0.29, 0.717) is 13.0 Å². The molecule has 1 fully saturated rings. The molecule has 1 N–H and O–H groups in total. The topological polar surface area (TPSA) is 50.8 Å². The van der Waals surface area contributed by atoms with E-state index < -0.39 is 0 Å². The minimum Gasteiger partial charge on any atom is -0.454 e. The van der Waals surface area contributed by atoms with Gasteiger partial charge in [-0.25, -0.2) is 0 Å². The number of fused-ring (bicyclic) bond motifs is 1. The number of ether oxygens (including phenoxy) is 2. The number of anilines is 1. The zero-order valence-corrected chi connectivity index (χ0v) is 15.6. The molecule has 2 aromatic rings. The van der Waals surface area contributed by atoms with Crippen molar-refractivity contribution >= 4 is 24.0 Å². The molecule has 1 saturated heterocycles. The first-order valence-corrected chi connectivity index (χ1v) is 8.73. The Morgan fingerprint density at radius 3 is 2.85 bits per heavy atom. The SMILES string of the molecule is CC(NCc1cccc2c1OCO2)c1cccc(N2CCCC2=O)c1.Cl. The van der Waals surface area contributed by atoms with Crippen LogP contribution < -0.4 is 19.7 Å². The van der Waals surface area contributed by atoms with Gasteiger partial charge in [0.25, 0.3) is 0 Å². The molecule has 6 heteroatoms. The van der Waals surface area contributed by atoms with Crippen LogP contribution in [0.4, 0.5) is 5.69 Å². The zero-order valence-electron chi connectivity index (χ0n) is 14.7. The predicted octanol–water partition coefficient (Wildman–Crippen LogP) is 3.81. The second kappa shape index (κ2) is 7.98. The van der Waals surface area contributed by atoms with Gasteiger partial charge in [-0.1, -0.05) is 24.3 Å². The lowest BCUT2D eigenvalue weighted by molar-refractivity contribution is -0.117. The molecule has 1 amide bonds. The first-order chi connectivity index (χ1) is 12.2. The highest BCUT2D eigenvalue weighted by Crippen LogP contribution is 2.35. The summed E-state index contributed by atoms with van der Waals surface area (Å²) in [5, 5.41) is 3.53. The van der Waals surface area contributed by atoms with Gasteiger partial charge in [0.15, 0.2) is 11.5 Å². The van der Waals surface area contributed by atoms with E-state index in [2.05, 4.69) is 24.4 Å². The summed E-state index contributed by atoms with van der Waals surface area (Å²) >= 11 is 0. The lowest BCUT2D eigenvalue weighted by atomic mass is 10.1. The Hall–Kier alpha value is -2.24. The highest BCUT2D eigenvalue weighted by atomic mass is 35.5. The number of para-hydroxylation sites is 1. The molecule has 2 aliphatic rings. The largest absolute Gasteiger partial charge is 0.454 e. The van der Waals surface area contributed by atoms with Crippen LogP contribution >= 0.6 is 12.4 Å². The smallest absolute Gasteiger partial charge is 0.231 e. The molecule has 1 atom stereocenters. The van der Waals surface area contributed by atoms with Crippen molar-refractivity contribution in [2.75, 3.05) is 18.2 Å². The summed E-state index contributed by atoms with van der Waals surface area (Å²) in [7, 11) is 0. The first kappa shape index (κ1) is 18.5. The molecule has 0 aliphatic carbocycles. The Morgan fingerprint density at radius 2 is 2.04 bits per heavy atom. The average Bonchev–Trinajstić information content (AvgIpc) is 3.28. The van der Waals surface area contributed by atoms with Crippen molar-refractivity contribution in [3.05, 3.63) is 53.6 Å². The number of nitrogens with zero attached hydrogens (tertiary/aromatic N) is 1. The van der Waals surface area contributed by atoms with Gasteiger partial charge in [0.1, 0.15) is 0 Å². The van der Waals surface area contributed by atoms with E-state index in [1.807, 2.05) is 35.2 Å². The number of hydrogen-bond donors (Lipinski definition) is 1. The molecular weight excluding hydrogens is 352 g/mol. The van der Waals surface area contributed by atoms with Gasteiger partial charge in [0.05, 0.1) is 0 Å². The fourth-order valence-electron chi connectivity index (χ4n) is 3.39. The number of carbonyl (C=O) groups is 1. The molecule has 0 radical (unpaired) electrons. The minimum absolute atomic E-state index is 0. The summed E-state index contributed by atoms with van der Waals surface area (Å²) < 4.78 is 11.0. The molecule has 26 heavy (non-hydrogen) atoms. The van der Waals surface area contributed by atoms with Gasteiger partial charge >= 0.3 is 0 Å². The molecular formula is C20H23ClN2O3. The number of halogens is 1. The van der Waals surface area contributed by atoms with E-state index in [1.165, 1.54) is 5.56 Å². The third-order valence-corrected chi connectivity index (χ3v) is 4.83. The number of hydrogen-bond acceptors (Lipinski definition) is 4. The Bertz CT molecular complexity index is 796. The average molecular weight is 375 g/mol. The molecule has 4 rings (SSSR count). The highest BCUT2D eigenvalue weighted by molar-refractivity contribution is 5.95. The Kier molecular flexibility index (Phi) is 5.69. The van der Waals surface area contributed by atoms with Crippen LogP contribution in [0.1, 0.15) is 36.9 Å². The number of benzene rings is 2. The Morgan fingerprint density at radius 1 is 1.19 bits per heavy atom. The van der Waals surface area contributed by atoms with Crippen molar-refractivity contribution in [3.63, 3.8) is 0 Å². The van der Waals surface area contributed by atoms with Crippen LogP contribution in [0.25, 0.3) is 0 Å². The van der Waals surface area contributed by atoms with E-state index in [1.54, 1.807) is 0 Å². The normalized spacial score (nSPS) is 16.5. The summed E-state index contributed by atoms with van der Waals surface area (Å²) in [5.41, 5.74) is 3.25. The van der Waals surface area contributed by atoms with Crippen molar-refractivity contribution in [2.45, 2.75) is 32.4 Å². The number of rotatable bonds is 5. The van der Waals surface area contributed by atoms with E-state index in [-0.39, 0.29) is 31.1 Å². The molecule has 2 aromatic carbocycles. The standard InChI is InChI=1S/C20H22N2O3.ClH/c1-14(21-12-16-6-3-8-18-20(16)25-13-24-18)15-5-2-7-17(11-15)22-10-4-9-19(22)23;/h2-3,5-8,11,14,21H,4,9-10,12-13H2,1H3;1H. The molecule has 0 spiro atoms. The van der Waals surface area contributed by atoms with Gasteiger partial charge in [0.2, 0.25) is 12.7 Å². The molecule has 0 bridgehead atoms. The molecule has 5 nitrogen and oxygen atoms in total. The van der Waals surface area contributed by atoms with E-state index in [9.17, 15) is 4.79 Å². The van der Waals surface area contributed by atoms with Gasteiger partial charge in [0, 0.05) is 36.8 Å². The van der Waals surface area contributed by atoms with Crippen molar-refractivity contribution in [1.82, 2.24) is 5.32 Å². The lowest BCUT2D eigenvalue weighted by Crippen LogP contribution is -2.24. The molecule has 0 saturated carbocycles. The fourth-order valence-corrected chi connectivity index (χ4v) is 3.39. The van der Waals surface area contributed by atoms with E-state index >= 15 is 0 Å². The monoisotopic (exact) mass is 374 g/mol. The van der Waals surface area contributed by atoms with Gasteiger partial charge in [-0.15, -0.1) is 12.4 Å². The molecule has 2 heterocycles. The number of nitrogens with one attached hydrogen (secondary N) is 1. The molecule has 0 aromatic heterocycles. The van der Waals surface area contributed by atoms with Crippen LogP contribution in [-0.2, 0) is 11.3 Å². The second-order valence-electron chi connectivity index (χ2n) is 6.50. The summed E-state index contributed by atoms with van der Waals surface area (Å²) in [6.07, 6.45) is 1.59. The summed E-state index contributed by atoms with van der Waals surface area (Å²) in [5.74, 6) is 1.86. The highest BCUT2D eigenvalue weighted by Gasteiger charge is 2.22. The first-order valence-electron chi connectivity index (χ1n) is 8.73. The number of carbonyl (C=O) groups excluding carboxylic acids is 1. The lowest BCUT2D eigenvalue weighted by Gasteiger charge is -2.20. The maximum Gasteiger partial charge on any atom is 0.231 e. The minimum atomic E-state index is 0. The van der Waals surface area contributed by atoms with Gasteiger partial charge in [-0.3, -0.25) is 4.79 Å². The summed E-state index contributed by atoms with van der Waals surface area (Å²) in [6.45, 7) is 3.93. The Labute approximate surface area is 159 Å². The third-order valence-electron chi connectivity index (χ3n) is 4.83. The zero-order chi connectivity index (χ0) is 17.2. The summed E-state index contributed by atoms with van der Waals surface area (Å²) in [4.78, 5) is 13.8. The van der Waals surface area contributed by atoms with Crippen molar-refractivity contribution < 1.29 is 14.3 Å². The van der Waals surface area contributed by atoms with Crippen LogP contribution in [0.2, 0.25) is 0 Å². The molecule has 138 valence electrons. The maximum atomic E-state index is 12.0. The van der Waals surface area contributed by atoms with Gasteiger partial charge in [-0.2, -0.15) is 0 Å². The van der Waals surface area contributed by atoms with Gasteiger partial charge in [-0.05, 0) is 37.1 Å². The van der Waals surface area contributed by atoms with Crippen LogP contribution in [-0.4, -0.2) is 19.2 Å². The van der Waals surface area contributed by atoms with Crippen molar-refractivity contribution in [3.8, 4) is 11.5 Å². The van der Waals surface area contributed by atoms with Crippen LogP contribution in [0.5, 0.6) is 11.5 Å². The van der Waals surface area contributed by atoms with Crippen LogP contribution in [0.15, 0.2) is 42.5 Å². The molecule has 1 unspecified atom stereocenters. The van der Waals surface area contributed by atoms with Crippen molar-refractivity contribution in [1.29, 1.82) is 0 Å². The fraction of sp³-hybridized carbons (Fsp3) is 0.350. The van der Waals surface area contributed by atoms with Crippen LogP contribution in [0, 0.1) is 0 Å². The third kappa shape index (κ3) is 3.64.